The summed E-state index contributed by atoms with van der Waals surface area (Å²) in [6.45, 7) is -0.483. The van der Waals surface area contributed by atoms with Gasteiger partial charge in [0.15, 0.2) is 0 Å². The summed E-state index contributed by atoms with van der Waals surface area (Å²) in [5.74, 6) is 0.0670. The maximum Gasteiger partial charge on any atom is 0.243 e. The highest BCUT2D eigenvalue weighted by Gasteiger charge is 2.27. The van der Waals surface area contributed by atoms with Crippen LogP contribution in [0, 0.1) is 0 Å². The standard InChI is InChI=1S/C22H20Cl2N2O4S/c1-30-19-7-4-6-18(13-19)25-22(27)15-26(14-16-5-2-3-8-21(16)24)31(28,29)20-11-9-17(23)10-12-20/h2-13H,14-15H2,1H3,(H,25,27). The molecule has 0 radical (unpaired) electrons. The van der Waals surface area contributed by atoms with Crippen LogP contribution in [0.1, 0.15) is 5.56 Å². The van der Waals surface area contributed by atoms with E-state index in [1.807, 2.05) is 0 Å². The maximum absolute atomic E-state index is 13.3. The number of hydrogen-bond donors (Lipinski definition) is 1. The van der Waals surface area contributed by atoms with E-state index in [1.165, 1.54) is 31.4 Å². The molecule has 0 fully saturated rings. The number of benzene rings is 3. The number of hydrogen-bond acceptors (Lipinski definition) is 4. The van der Waals surface area contributed by atoms with Gasteiger partial charge < -0.3 is 10.1 Å². The molecule has 1 N–H and O–H groups in total. The lowest BCUT2D eigenvalue weighted by atomic mass is 10.2. The normalized spacial score (nSPS) is 11.4. The number of ether oxygens (including phenoxy) is 1. The van der Waals surface area contributed by atoms with Crippen LogP contribution in [-0.4, -0.2) is 32.3 Å². The number of methoxy groups -OCH3 is 1. The van der Waals surface area contributed by atoms with Crippen molar-refractivity contribution in [2.75, 3.05) is 19.0 Å². The lowest BCUT2D eigenvalue weighted by molar-refractivity contribution is -0.116. The van der Waals surface area contributed by atoms with E-state index in [4.69, 9.17) is 27.9 Å². The molecule has 3 aromatic rings. The summed E-state index contributed by atoms with van der Waals surface area (Å²) < 4.78 is 32.8. The molecule has 31 heavy (non-hydrogen) atoms. The Morgan fingerprint density at radius 3 is 2.39 bits per heavy atom. The molecule has 9 heteroatoms. The zero-order chi connectivity index (χ0) is 22.4. The first kappa shape index (κ1) is 23.1. The molecule has 1 amide bonds. The Balaban J connectivity index is 1.88. The van der Waals surface area contributed by atoms with Crippen molar-refractivity contribution in [3.63, 3.8) is 0 Å². The highest BCUT2D eigenvalue weighted by molar-refractivity contribution is 7.89. The van der Waals surface area contributed by atoms with Crippen molar-refractivity contribution in [2.45, 2.75) is 11.4 Å². The number of nitrogens with zero attached hydrogens (tertiary/aromatic N) is 1. The van der Waals surface area contributed by atoms with Crippen molar-refractivity contribution >= 4 is 44.8 Å². The number of carbonyl (C=O) groups excluding carboxylic acids is 1. The number of anilines is 1. The summed E-state index contributed by atoms with van der Waals surface area (Å²) in [5.41, 5.74) is 1.07. The second-order valence-electron chi connectivity index (χ2n) is 6.60. The van der Waals surface area contributed by atoms with Crippen molar-refractivity contribution < 1.29 is 17.9 Å². The molecule has 0 bridgehead atoms. The zero-order valence-corrected chi connectivity index (χ0v) is 18.9. The van der Waals surface area contributed by atoms with Crippen LogP contribution in [0.3, 0.4) is 0 Å². The van der Waals surface area contributed by atoms with E-state index < -0.39 is 22.5 Å². The first-order chi connectivity index (χ1) is 14.8. The molecule has 6 nitrogen and oxygen atoms in total. The third-order valence-corrected chi connectivity index (χ3v) is 6.86. The smallest absolute Gasteiger partial charge is 0.243 e. The van der Waals surface area contributed by atoms with Crippen molar-refractivity contribution in [1.82, 2.24) is 4.31 Å². The Labute approximate surface area is 191 Å². The molecular weight excluding hydrogens is 459 g/mol. The fourth-order valence-electron chi connectivity index (χ4n) is 2.86. The Kier molecular flexibility index (Phi) is 7.56. The van der Waals surface area contributed by atoms with Crippen molar-refractivity contribution in [3.8, 4) is 5.75 Å². The Morgan fingerprint density at radius 2 is 1.71 bits per heavy atom. The van der Waals surface area contributed by atoms with Crippen LogP contribution in [0.4, 0.5) is 5.69 Å². The van der Waals surface area contributed by atoms with Gasteiger partial charge in [-0.2, -0.15) is 4.31 Å². The van der Waals surface area contributed by atoms with Gasteiger partial charge in [-0.15, -0.1) is 0 Å². The van der Waals surface area contributed by atoms with E-state index in [1.54, 1.807) is 48.5 Å². The van der Waals surface area contributed by atoms with Gasteiger partial charge in [0, 0.05) is 28.3 Å². The Hall–Kier alpha value is -2.58. The number of sulfonamides is 1. The average Bonchev–Trinajstić information content (AvgIpc) is 2.75. The zero-order valence-electron chi connectivity index (χ0n) is 16.6. The van der Waals surface area contributed by atoms with E-state index in [2.05, 4.69) is 5.32 Å². The molecule has 0 aromatic heterocycles. The second-order valence-corrected chi connectivity index (χ2v) is 9.38. The summed E-state index contributed by atoms with van der Waals surface area (Å²) in [7, 11) is -2.48. The molecule has 0 spiro atoms. The van der Waals surface area contributed by atoms with Crippen LogP contribution >= 0.6 is 23.2 Å². The van der Waals surface area contributed by atoms with Crippen LogP contribution in [0.25, 0.3) is 0 Å². The monoisotopic (exact) mass is 478 g/mol. The van der Waals surface area contributed by atoms with Crippen molar-refractivity contribution in [2.24, 2.45) is 0 Å². The van der Waals surface area contributed by atoms with Crippen molar-refractivity contribution in [3.05, 3.63) is 88.4 Å². The molecule has 0 heterocycles. The third kappa shape index (κ3) is 5.98. The maximum atomic E-state index is 13.3. The molecule has 0 atom stereocenters. The summed E-state index contributed by atoms with van der Waals surface area (Å²) >= 11 is 12.1. The van der Waals surface area contributed by atoms with Gasteiger partial charge in [-0.25, -0.2) is 8.42 Å². The van der Waals surface area contributed by atoms with Gasteiger partial charge >= 0.3 is 0 Å². The number of amides is 1. The molecule has 162 valence electrons. The molecule has 0 aliphatic carbocycles. The molecule has 0 aliphatic rings. The van der Waals surface area contributed by atoms with Gasteiger partial charge in [-0.1, -0.05) is 47.5 Å². The van der Waals surface area contributed by atoms with Crippen LogP contribution in [0.5, 0.6) is 5.75 Å². The predicted molar refractivity (Wildman–Crippen MR) is 122 cm³/mol. The van der Waals surface area contributed by atoms with E-state index in [0.29, 0.717) is 27.0 Å². The highest BCUT2D eigenvalue weighted by Crippen LogP contribution is 2.24. The fourth-order valence-corrected chi connectivity index (χ4v) is 4.56. The van der Waals surface area contributed by atoms with Gasteiger partial charge in [0.1, 0.15) is 5.75 Å². The molecule has 0 aliphatic heterocycles. The van der Waals surface area contributed by atoms with Crippen LogP contribution < -0.4 is 10.1 Å². The van der Waals surface area contributed by atoms with Crippen molar-refractivity contribution in [1.29, 1.82) is 0 Å². The summed E-state index contributed by atoms with van der Waals surface area (Å²) in [4.78, 5) is 12.7. The van der Waals surface area contributed by atoms with Crippen LogP contribution in [0.2, 0.25) is 10.0 Å². The summed E-state index contributed by atoms with van der Waals surface area (Å²) in [6, 6.07) is 19.4. The van der Waals surface area contributed by atoms with E-state index in [9.17, 15) is 13.2 Å². The minimum absolute atomic E-state index is 0.0260. The predicted octanol–water partition coefficient (Wildman–Crippen LogP) is 4.83. The molecule has 0 saturated carbocycles. The lowest BCUT2D eigenvalue weighted by Crippen LogP contribution is -2.37. The molecule has 3 aromatic carbocycles. The Morgan fingerprint density at radius 1 is 1.00 bits per heavy atom. The number of halogens is 2. The lowest BCUT2D eigenvalue weighted by Gasteiger charge is -2.22. The van der Waals surface area contributed by atoms with Gasteiger partial charge in [-0.3, -0.25) is 4.79 Å². The molecule has 3 rings (SSSR count). The molecular formula is C22H20Cl2N2O4S. The number of nitrogens with one attached hydrogen (secondary N) is 1. The van der Waals surface area contributed by atoms with E-state index >= 15 is 0 Å². The van der Waals surface area contributed by atoms with E-state index in [-0.39, 0.29) is 11.4 Å². The number of carbonyl (C=O) groups is 1. The molecule has 0 saturated heterocycles. The fraction of sp³-hybridized carbons (Fsp3) is 0.136. The largest absolute Gasteiger partial charge is 0.497 e. The van der Waals surface area contributed by atoms with Gasteiger partial charge in [0.2, 0.25) is 15.9 Å². The van der Waals surface area contributed by atoms with Gasteiger partial charge in [-0.05, 0) is 48.0 Å². The van der Waals surface area contributed by atoms with Crippen LogP contribution in [-0.2, 0) is 21.4 Å². The minimum atomic E-state index is -4.00. The second kappa shape index (κ2) is 10.2. The first-order valence-corrected chi connectivity index (χ1v) is 11.4. The first-order valence-electron chi connectivity index (χ1n) is 9.22. The summed E-state index contributed by atoms with van der Waals surface area (Å²) in [6.07, 6.45) is 0. The van der Waals surface area contributed by atoms with Gasteiger partial charge in [0.05, 0.1) is 18.6 Å². The average molecular weight is 479 g/mol. The number of rotatable bonds is 8. The highest BCUT2D eigenvalue weighted by atomic mass is 35.5. The minimum Gasteiger partial charge on any atom is -0.497 e. The quantitative estimate of drug-likeness (QED) is 0.502. The molecule has 0 unspecified atom stereocenters. The van der Waals surface area contributed by atoms with Gasteiger partial charge in [0.25, 0.3) is 0 Å². The van der Waals surface area contributed by atoms with E-state index in [0.717, 1.165) is 4.31 Å². The Bertz CT molecular complexity index is 1170. The summed E-state index contributed by atoms with van der Waals surface area (Å²) in [5, 5.41) is 3.52. The topological polar surface area (TPSA) is 75.7 Å². The third-order valence-electron chi connectivity index (χ3n) is 4.43. The SMILES string of the molecule is COc1cccc(NC(=O)CN(Cc2ccccc2Cl)S(=O)(=O)c2ccc(Cl)cc2)c1. The van der Waals surface area contributed by atoms with Crippen LogP contribution in [0.15, 0.2) is 77.7 Å².